The van der Waals surface area contributed by atoms with Crippen LogP contribution in [-0.2, 0) is 11.3 Å². The van der Waals surface area contributed by atoms with E-state index in [9.17, 15) is 4.79 Å². The van der Waals surface area contributed by atoms with E-state index in [4.69, 9.17) is 9.84 Å². The summed E-state index contributed by atoms with van der Waals surface area (Å²) >= 11 is 0. The molecule has 0 aliphatic carbocycles. The first-order valence-electron chi connectivity index (χ1n) is 7.58. The highest BCUT2D eigenvalue weighted by Gasteiger charge is 2.15. The van der Waals surface area contributed by atoms with Gasteiger partial charge in [0.05, 0.1) is 6.61 Å². The Kier molecular flexibility index (Phi) is 8.89. The molecule has 1 aliphatic heterocycles. The van der Waals surface area contributed by atoms with Crippen molar-refractivity contribution in [1.82, 2.24) is 10.6 Å². The Bertz CT molecular complexity index is 451. The second kappa shape index (κ2) is 10.4. The quantitative estimate of drug-likeness (QED) is 0.676. The molecular weight excluding hydrogens is 304 g/mol. The van der Waals surface area contributed by atoms with Crippen LogP contribution >= 0.6 is 12.4 Å². The minimum Gasteiger partial charge on any atom is -0.491 e. The summed E-state index contributed by atoms with van der Waals surface area (Å²) < 4.78 is 5.45. The first-order chi connectivity index (χ1) is 10.3. The molecule has 6 heteroatoms. The first kappa shape index (κ1) is 18.7. The van der Waals surface area contributed by atoms with Crippen LogP contribution in [0.25, 0.3) is 0 Å². The van der Waals surface area contributed by atoms with E-state index in [1.807, 2.05) is 24.3 Å². The van der Waals surface area contributed by atoms with Gasteiger partial charge in [-0.25, -0.2) is 0 Å². The zero-order chi connectivity index (χ0) is 14.9. The Morgan fingerprint density at radius 2 is 2.23 bits per heavy atom. The summed E-state index contributed by atoms with van der Waals surface area (Å²) in [5.41, 5.74) is 0.932. The van der Waals surface area contributed by atoms with Gasteiger partial charge in [0.15, 0.2) is 0 Å². The van der Waals surface area contributed by atoms with E-state index in [1.165, 1.54) is 6.42 Å². The fourth-order valence-corrected chi connectivity index (χ4v) is 2.52. The Hall–Kier alpha value is -1.30. The number of nitrogens with one attached hydrogen (secondary N) is 2. The number of benzene rings is 1. The number of rotatable bonds is 8. The third-order valence-electron chi connectivity index (χ3n) is 3.74. The minimum atomic E-state index is -0.0177. The van der Waals surface area contributed by atoms with Gasteiger partial charge in [0.1, 0.15) is 12.4 Å². The van der Waals surface area contributed by atoms with Crippen molar-refractivity contribution >= 4 is 18.3 Å². The Morgan fingerprint density at radius 1 is 1.41 bits per heavy atom. The number of carbonyl (C=O) groups is 1. The monoisotopic (exact) mass is 328 g/mol. The summed E-state index contributed by atoms with van der Waals surface area (Å²) in [5.74, 6) is 1.43. The zero-order valence-electron chi connectivity index (χ0n) is 12.7. The Morgan fingerprint density at radius 3 is 2.95 bits per heavy atom. The predicted molar refractivity (Wildman–Crippen MR) is 88.3 cm³/mol. The number of amides is 1. The van der Waals surface area contributed by atoms with E-state index in [-0.39, 0.29) is 31.5 Å². The van der Waals surface area contributed by atoms with Crippen molar-refractivity contribution in [3.8, 4) is 5.75 Å². The summed E-state index contributed by atoms with van der Waals surface area (Å²) in [6.45, 7) is 2.81. The van der Waals surface area contributed by atoms with Crippen LogP contribution in [0.3, 0.4) is 0 Å². The number of aliphatic hydroxyl groups excluding tert-OH is 1. The lowest BCUT2D eigenvalue weighted by Crippen LogP contribution is -2.24. The highest BCUT2D eigenvalue weighted by Crippen LogP contribution is 2.18. The molecule has 1 unspecified atom stereocenters. The van der Waals surface area contributed by atoms with Crippen molar-refractivity contribution in [3.05, 3.63) is 29.8 Å². The fraction of sp³-hybridized carbons (Fsp3) is 0.562. The maximum Gasteiger partial charge on any atom is 0.220 e. The zero-order valence-corrected chi connectivity index (χ0v) is 13.5. The summed E-state index contributed by atoms with van der Waals surface area (Å²) in [4.78, 5) is 11.9. The molecule has 1 aromatic rings. The topological polar surface area (TPSA) is 70.6 Å². The highest BCUT2D eigenvalue weighted by molar-refractivity contribution is 5.85. The van der Waals surface area contributed by atoms with Crippen molar-refractivity contribution in [1.29, 1.82) is 0 Å². The number of carbonyl (C=O) groups excluding carboxylic acids is 1. The van der Waals surface area contributed by atoms with Gasteiger partial charge in [-0.1, -0.05) is 18.2 Å². The molecule has 5 nitrogen and oxygen atoms in total. The van der Waals surface area contributed by atoms with E-state index in [2.05, 4.69) is 10.6 Å². The van der Waals surface area contributed by atoms with E-state index < -0.39 is 0 Å². The standard InChI is InChI=1S/C16H24N2O3.ClH/c19-9-10-21-15-4-2-1-3-14(15)12-18-16(20)6-5-13-7-8-17-11-13;/h1-4,13,17,19H,5-12H2,(H,18,20);1H. The smallest absolute Gasteiger partial charge is 0.220 e. The number of hydrogen-bond acceptors (Lipinski definition) is 4. The lowest BCUT2D eigenvalue weighted by Gasteiger charge is -2.12. The molecule has 1 aromatic carbocycles. The molecule has 1 atom stereocenters. The molecule has 0 aromatic heterocycles. The Balaban J connectivity index is 0.00000242. The van der Waals surface area contributed by atoms with Gasteiger partial charge >= 0.3 is 0 Å². The molecule has 1 saturated heterocycles. The molecule has 0 saturated carbocycles. The predicted octanol–water partition coefficient (Wildman–Crippen LogP) is 1.49. The van der Waals surface area contributed by atoms with Gasteiger partial charge in [0.2, 0.25) is 5.91 Å². The van der Waals surface area contributed by atoms with Crippen LogP contribution in [-0.4, -0.2) is 37.3 Å². The van der Waals surface area contributed by atoms with Crippen molar-refractivity contribution < 1.29 is 14.6 Å². The maximum absolute atomic E-state index is 11.9. The van der Waals surface area contributed by atoms with Crippen molar-refractivity contribution in [2.75, 3.05) is 26.3 Å². The molecule has 124 valence electrons. The fourth-order valence-electron chi connectivity index (χ4n) is 2.52. The summed E-state index contributed by atoms with van der Waals surface area (Å²) in [7, 11) is 0. The average Bonchev–Trinajstić information content (AvgIpc) is 3.03. The van der Waals surface area contributed by atoms with Gasteiger partial charge in [-0.05, 0) is 37.9 Å². The highest BCUT2D eigenvalue weighted by atomic mass is 35.5. The van der Waals surface area contributed by atoms with Gasteiger partial charge in [-0.15, -0.1) is 12.4 Å². The molecule has 1 heterocycles. The average molecular weight is 329 g/mol. The van der Waals surface area contributed by atoms with Crippen LogP contribution in [0.5, 0.6) is 5.75 Å². The molecule has 2 rings (SSSR count). The van der Waals surface area contributed by atoms with Crippen LogP contribution < -0.4 is 15.4 Å². The molecule has 3 N–H and O–H groups in total. The van der Waals surface area contributed by atoms with Crippen LogP contribution in [0.1, 0.15) is 24.8 Å². The second-order valence-electron chi connectivity index (χ2n) is 5.35. The number of aliphatic hydroxyl groups is 1. The first-order valence-corrected chi connectivity index (χ1v) is 7.58. The molecule has 0 radical (unpaired) electrons. The largest absolute Gasteiger partial charge is 0.491 e. The van der Waals surface area contributed by atoms with E-state index in [1.54, 1.807) is 0 Å². The lowest BCUT2D eigenvalue weighted by atomic mass is 10.0. The third kappa shape index (κ3) is 6.22. The third-order valence-corrected chi connectivity index (χ3v) is 3.74. The van der Waals surface area contributed by atoms with Crippen molar-refractivity contribution in [2.45, 2.75) is 25.8 Å². The van der Waals surface area contributed by atoms with Crippen LogP contribution in [0.2, 0.25) is 0 Å². The van der Waals surface area contributed by atoms with Crippen molar-refractivity contribution in [3.63, 3.8) is 0 Å². The number of para-hydroxylation sites is 1. The van der Waals surface area contributed by atoms with E-state index >= 15 is 0 Å². The molecule has 22 heavy (non-hydrogen) atoms. The number of hydrogen-bond donors (Lipinski definition) is 3. The summed E-state index contributed by atoms with van der Waals surface area (Å²) in [6, 6.07) is 7.57. The van der Waals surface area contributed by atoms with Crippen LogP contribution in [0.15, 0.2) is 24.3 Å². The molecular formula is C16H25ClN2O3. The summed E-state index contributed by atoms with van der Waals surface area (Å²) in [6.07, 6.45) is 2.69. The van der Waals surface area contributed by atoms with E-state index in [0.29, 0.717) is 24.6 Å². The molecule has 0 spiro atoms. The second-order valence-corrected chi connectivity index (χ2v) is 5.35. The van der Waals surface area contributed by atoms with Gasteiger partial charge in [0, 0.05) is 18.5 Å². The van der Waals surface area contributed by atoms with Gasteiger partial charge in [-0.3, -0.25) is 4.79 Å². The van der Waals surface area contributed by atoms with E-state index in [0.717, 1.165) is 25.1 Å². The molecule has 0 bridgehead atoms. The maximum atomic E-state index is 11.9. The number of halogens is 1. The summed E-state index contributed by atoms with van der Waals surface area (Å²) in [5, 5.41) is 15.1. The van der Waals surface area contributed by atoms with Crippen molar-refractivity contribution in [2.24, 2.45) is 5.92 Å². The molecule has 1 aliphatic rings. The number of ether oxygens (including phenoxy) is 1. The molecule has 1 amide bonds. The van der Waals surface area contributed by atoms with Crippen LogP contribution in [0.4, 0.5) is 0 Å². The molecule has 1 fully saturated rings. The lowest BCUT2D eigenvalue weighted by molar-refractivity contribution is -0.121. The van der Waals surface area contributed by atoms with Gasteiger partial charge < -0.3 is 20.5 Å². The normalized spacial score (nSPS) is 16.9. The Labute approximate surface area is 137 Å². The van der Waals surface area contributed by atoms with Gasteiger partial charge in [0.25, 0.3) is 0 Å². The minimum absolute atomic E-state index is 0. The van der Waals surface area contributed by atoms with Gasteiger partial charge in [-0.2, -0.15) is 0 Å². The SMILES string of the molecule is Cl.O=C(CCC1CCNC1)NCc1ccccc1OCCO. The van der Waals surface area contributed by atoms with Crippen LogP contribution in [0, 0.1) is 5.92 Å².